The molecule has 1 N–H and O–H groups in total. The van der Waals surface area contributed by atoms with E-state index in [0.717, 1.165) is 12.8 Å². The molecule has 1 saturated carbocycles. The van der Waals surface area contributed by atoms with Crippen molar-refractivity contribution in [2.45, 2.75) is 31.1 Å². The first-order valence-electron chi connectivity index (χ1n) is 5.49. The second-order valence-corrected chi connectivity index (χ2v) is 4.85. The van der Waals surface area contributed by atoms with Crippen LogP contribution in [0.3, 0.4) is 0 Å². The Hall–Kier alpha value is -1.31. The molecule has 0 aromatic heterocycles. The third-order valence-corrected chi connectivity index (χ3v) is 4.14. The quantitative estimate of drug-likeness (QED) is 0.759. The van der Waals surface area contributed by atoms with Crippen LogP contribution in [0.2, 0.25) is 0 Å². The maximum Gasteiger partial charge on any atom is 0.308 e. The molecule has 0 bridgehead atoms. The van der Waals surface area contributed by atoms with Crippen molar-refractivity contribution in [2.75, 3.05) is 0 Å². The minimum atomic E-state index is -0.629. The molecule has 2 unspecified atom stereocenters. The van der Waals surface area contributed by atoms with Crippen LogP contribution < -0.4 is 0 Å². The number of hydrogen-bond donors (Lipinski definition) is 1. The predicted octanol–water partition coefficient (Wildman–Crippen LogP) is 2.54. The first-order valence-corrected chi connectivity index (χ1v) is 5.49. The lowest BCUT2D eigenvalue weighted by atomic mass is 9.85. The Morgan fingerprint density at radius 1 is 1.40 bits per heavy atom. The Kier molecular flexibility index (Phi) is 1.57. The molecular formula is C13H14O2. The van der Waals surface area contributed by atoms with E-state index in [1.165, 1.54) is 11.1 Å². The Morgan fingerprint density at radius 3 is 2.67 bits per heavy atom. The number of aliphatic carboxylic acids is 1. The summed E-state index contributed by atoms with van der Waals surface area (Å²) in [6.45, 7) is 2.05. The molecule has 1 spiro atoms. The third-order valence-electron chi connectivity index (χ3n) is 4.14. The molecule has 15 heavy (non-hydrogen) atoms. The van der Waals surface area contributed by atoms with Crippen molar-refractivity contribution >= 4 is 5.97 Å². The molecule has 0 radical (unpaired) electrons. The molecule has 2 nitrogen and oxygen atoms in total. The normalized spacial score (nSPS) is 30.2. The largest absolute Gasteiger partial charge is 0.481 e. The highest BCUT2D eigenvalue weighted by molar-refractivity contribution is 5.77. The smallest absolute Gasteiger partial charge is 0.308 e. The van der Waals surface area contributed by atoms with Crippen LogP contribution >= 0.6 is 0 Å². The van der Waals surface area contributed by atoms with E-state index in [1.54, 1.807) is 0 Å². The van der Waals surface area contributed by atoms with Gasteiger partial charge in [0.15, 0.2) is 0 Å². The Labute approximate surface area is 88.9 Å². The van der Waals surface area contributed by atoms with Crippen LogP contribution in [0.25, 0.3) is 0 Å². The summed E-state index contributed by atoms with van der Waals surface area (Å²) < 4.78 is 0. The van der Waals surface area contributed by atoms with Crippen LogP contribution in [-0.4, -0.2) is 11.1 Å². The second-order valence-electron chi connectivity index (χ2n) is 4.85. The second kappa shape index (κ2) is 2.63. The molecule has 2 aliphatic rings. The summed E-state index contributed by atoms with van der Waals surface area (Å²) in [5, 5.41) is 9.33. The molecule has 0 aliphatic heterocycles. The van der Waals surface area contributed by atoms with E-state index < -0.39 is 5.97 Å². The molecule has 0 saturated heterocycles. The van der Waals surface area contributed by atoms with E-state index in [2.05, 4.69) is 12.1 Å². The van der Waals surface area contributed by atoms with Crippen LogP contribution in [0.4, 0.5) is 0 Å². The van der Waals surface area contributed by atoms with Gasteiger partial charge in [-0.3, -0.25) is 4.79 Å². The molecule has 3 rings (SSSR count). The van der Waals surface area contributed by atoms with Crippen molar-refractivity contribution in [2.24, 2.45) is 5.92 Å². The zero-order valence-electron chi connectivity index (χ0n) is 8.73. The van der Waals surface area contributed by atoms with Gasteiger partial charge in [0.1, 0.15) is 0 Å². The highest BCUT2D eigenvalue weighted by Gasteiger charge is 2.60. The lowest BCUT2D eigenvalue weighted by Crippen LogP contribution is -2.26. The molecule has 2 heteroatoms. The van der Waals surface area contributed by atoms with Crippen LogP contribution in [0.15, 0.2) is 24.3 Å². The van der Waals surface area contributed by atoms with Gasteiger partial charge in [-0.2, -0.15) is 0 Å². The number of carbonyl (C=O) groups is 1. The fourth-order valence-electron chi connectivity index (χ4n) is 3.34. The maximum absolute atomic E-state index is 11.3. The topological polar surface area (TPSA) is 37.3 Å². The summed E-state index contributed by atoms with van der Waals surface area (Å²) in [4.78, 5) is 11.3. The lowest BCUT2D eigenvalue weighted by Gasteiger charge is -2.17. The Balaban J connectivity index is 2.18. The van der Waals surface area contributed by atoms with Gasteiger partial charge < -0.3 is 5.11 Å². The fraction of sp³-hybridized carbons (Fsp3) is 0.462. The van der Waals surface area contributed by atoms with E-state index in [-0.39, 0.29) is 17.3 Å². The lowest BCUT2D eigenvalue weighted by molar-refractivity contribution is -0.143. The maximum atomic E-state index is 11.3. The number of carboxylic acid groups (broad SMARTS) is 1. The average Bonchev–Trinajstić information content (AvgIpc) is 2.93. The number of carboxylic acids is 1. The van der Waals surface area contributed by atoms with Gasteiger partial charge in [0, 0.05) is 5.41 Å². The monoisotopic (exact) mass is 202 g/mol. The van der Waals surface area contributed by atoms with E-state index in [1.807, 2.05) is 19.1 Å². The molecule has 0 heterocycles. The summed E-state index contributed by atoms with van der Waals surface area (Å²) >= 11 is 0. The molecule has 2 aliphatic carbocycles. The van der Waals surface area contributed by atoms with Crippen molar-refractivity contribution in [1.29, 1.82) is 0 Å². The minimum absolute atomic E-state index is 0.0121. The zero-order valence-corrected chi connectivity index (χ0v) is 8.73. The SMILES string of the molecule is CC1c2ccccc2C2(CC2)C1C(=O)O. The van der Waals surface area contributed by atoms with Crippen molar-refractivity contribution in [3.05, 3.63) is 35.4 Å². The molecule has 1 fully saturated rings. The van der Waals surface area contributed by atoms with Crippen molar-refractivity contribution in [1.82, 2.24) is 0 Å². The van der Waals surface area contributed by atoms with Gasteiger partial charge >= 0.3 is 5.97 Å². The Bertz CT molecular complexity index is 432. The van der Waals surface area contributed by atoms with Gasteiger partial charge in [-0.1, -0.05) is 31.2 Å². The third kappa shape index (κ3) is 0.969. The van der Waals surface area contributed by atoms with Crippen molar-refractivity contribution in [3.8, 4) is 0 Å². The van der Waals surface area contributed by atoms with Crippen LogP contribution in [0, 0.1) is 5.92 Å². The highest BCUT2D eigenvalue weighted by atomic mass is 16.4. The first-order chi connectivity index (χ1) is 7.17. The Morgan fingerprint density at radius 2 is 2.07 bits per heavy atom. The van der Waals surface area contributed by atoms with E-state index >= 15 is 0 Å². The average molecular weight is 202 g/mol. The van der Waals surface area contributed by atoms with Crippen LogP contribution in [0.1, 0.15) is 36.8 Å². The van der Waals surface area contributed by atoms with Gasteiger partial charge in [0.05, 0.1) is 5.92 Å². The fourth-order valence-corrected chi connectivity index (χ4v) is 3.34. The van der Waals surface area contributed by atoms with E-state index in [9.17, 15) is 9.90 Å². The number of benzene rings is 1. The summed E-state index contributed by atoms with van der Waals surface area (Å²) in [5.41, 5.74) is 2.54. The summed E-state index contributed by atoms with van der Waals surface area (Å²) in [6.07, 6.45) is 2.09. The zero-order chi connectivity index (χ0) is 10.6. The molecule has 1 aromatic carbocycles. The van der Waals surface area contributed by atoms with Gasteiger partial charge in [-0.05, 0) is 29.9 Å². The van der Waals surface area contributed by atoms with Gasteiger partial charge in [-0.25, -0.2) is 0 Å². The molecule has 78 valence electrons. The molecule has 0 amide bonds. The van der Waals surface area contributed by atoms with E-state index in [0.29, 0.717) is 0 Å². The number of hydrogen-bond acceptors (Lipinski definition) is 1. The standard InChI is InChI=1S/C13H14O2/c1-8-9-4-2-3-5-10(9)13(6-7-13)11(8)12(14)15/h2-5,8,11H,6-7H2,1H3,(H,14,15). The molecule has 1 aromatic rings. The first kappa shape index (κ1) is 8.96. The summed E-state index contributed by atoms with van der Waals surface area (Å²) in [6, 6.07) is 8.23. The van der Waals surface area contributed by atoms with Crippen molar-refractivity contribution in [3.63, 3.8) is 0 Å². The predicted molar refractivity (Wildman–Crippen MR) is 56.9 cm³/mol. The number of fused-ring (bicyclic) bond motifs is 2. The van der Waals surface area contributed by atoms with Gasteiger partial charge in [0.2, 0.25) is 0 Å². The van der Waals surface area contributed by atoms with Crippen LogP contribution in [-0.2, 0) is 10.2 Å². The van der Waals surface area contributed by atoms with Crippen molar-refractivity contribution < 1.29 is 9.90 Å². The van der Waals surface area contributed by atoms with Crippen LogP contribution in [0.5, 0.6) is 0 Å². The minimum Gasteiger partial charge on any atom is -0.481 e. The van der Waals surface area contributed by atoms with Gasteiger partial charge in [0.25, 0.3) is 0 Å². The van der Waals surface area contributed by atoms with Gasteiger partial charge in [-0.15, -0.1) is 0 Å². The summed E-state index contributed by atoms with van der Waals surface area (Å²) in [7, 11) is 0. The summed E-state index contributed by atoms with van der Waals surface area (Å²) in [5.74, 6) is -0.660. The number of rotatable bonds is 1. The molecule has 2 atom stereocenters. The molecular weight excluding hydrogens is 188 g/mol. The highest BCUT2D eigenvalue weighted by Crippen LogP contribution is 2.63. The van der Waals surface area contributed by atoms with E-state index in [4.69, 9.17) is 0 Å².